The van der Waals surface area contributed by atoms with Crippen LogP contribution in [0.2, 0.25) is 0 Å². The minimum Gasteiger partial charge on any atom is -0.505 e. The molecule has 27 heavy (non-hydrogen) atoms. The Morgan fingerprint density at radius 1 is 0.926 bits per heavy atom. The fourth-order valence-electron chi connectivity index (χ4n) is 3.30. The molecule has 0 aliphatic carbocycles. The molecule has 0 saturated carbocycles. The van der Waals surface area contributed by atoms with Gasteiger partial charge in [0.2, 0.25) is 0 Å². The van der Waals surface area contributed by atoms with E-state index in [2.05, 4.69) is 46.5 Å². The second-order valence-electron chi connectivity index (χ2n) is 6.81. The van der Waals surface area contributed by atoms with Crippen molar-refractivity contribution in [3.05, 3.63) is 95.3 Å². The zero-order valence-electron chi connectivity index (χ0n) is 15.4. The molecule has 134 valence electrons. The van der Waals surface area contributed by atoms with Gasteiger partial charge in [0, 0.05) is 28.8 Å². The molecule has 3 N–H and O–H groups in total. The molecule has 0 fully saturated rings. The highest BCUT2D eigenvalue weighted by atomic mass is 16.3. The van der Waals surface area contributed by atoms with Gasteiger partial charge >= 0.3 is 0 Å². The maximum atomic E-state index is 11.0. The second-order valence-corrected chi connectivity index (χ2v) is 6.81. The molecule has 0 radical (unpaired) electrons. The molecule has 0 saturated heterocycles. The number of aromatic nitrogens is 2. The van der Waals surface area contributed by atoms with Crippen molar-refractivity contribution < 1.29 is 10.1 Å². The fourth-order valence-corrected chi connectivity index (χ4v) is 3.30. The number of phenols is 1. The zero-order chi connectivity index (χ0) is 18.8. The first-order chi connectivity index (χ1) is 13.1. The van der Waals surface area contributed by atoms with Gasteiger partial charge in [-0.25, -0.2) is 4.98 Å². The van der Waals surface area contributed by atoms with Crippen LogP contribution in [-0.4, -0.2) is 10.1 Å². The highest BCUT2D eigenvalue weighted by Crippen LogP contribution is 2.35. The quantitative estimate of drug-likeness (QED) is 0.563. The van der Waals surface area contributed by atoms with E-state index in [1.54, 1.807) is 6.20 Å². The molecule has 2 aromatic carbocycles. The molecule has 1 atom stereocenters. The summed E-state index contributed by atoms with van der Waals surface area (Å²) < 4.78 is 0. The molecular formula is C23H22N3O+. The minimum atomic E-state index is -0.213. The van der Waals surface area contributed by atoms with E-state index in [4.69, 9.17) is 0 Å². The molecule has 2 heterocycles. The van der Waals surface area contributed by atoms with Crippen LogP contribution in [0.3, 0.4) is 0 Å². The number of nitrogens with one attached hydrogen (secondary N) is 2. The van der Waals surface area contributed by atoms with E-state index in [0.717, 1.165) is 28.0 Å². The molecule has 0 amide bonds. The topological polar surface area (TPSA) is 59.3 Å². The van der Waals surface area contributed by atoms with E-state index in [-0.39, 0.29) is 11.8 Å². The first-order valence-corrected chi connectivity index (χ1v) is 9.00. The highest BCUT2D eigenvalue weighted by molar-refractivity contribution is 5.85. The zero-order valence-corrected chi connectivity index (χ0v) is 15.4. The van der Waals surface area contributed by atoms with E-state index in [1.807, 2.05) is 49.4 Å². The number of aromatic hydroxyl groups is 1. The van der Waals surface area contributed by atoms with Crippen molar-refractivity contribution in [2.45, 2.75) is 19.9 Å². The lowest BCUT2D eigenvalue weighted by Crippen LogP contribution is -2.20. The van der Waals surface area contributed by atoms with Crippen molar-refractivity contribution in [2.24, 2.45) is 0 Å². The Bertz CT molecular complexity index is 1090. The van der Waals surface area contributed by atoms with Crippen molar-refractivity contribution in [1.82, 2.24) is 4.98 Å². The van der Waals surface area contributed by atoms with E-state index >= 15 is 0 Å². The number of aromatic amines is 1. The number of hydrogen-bond donors (Lipinski definition) is 2. The predicted octanol–water partition coefficient (Wildman–Crippen LogP) is 4.57. The Hall–Kier alpha value is -3.40. The van der Waals surface area contributed by atoms with Crippen LogP contribution in [-0.2, 0) is 0 Å². The number of nitrogens with zero attached hydrogens (tertiary/aromatic N) is 1. The molecule has 4 aromatic rings. The summed E-state index contributed by atoms with van der Waals surface area (Å²) in [6, 6.07) is 21.9. The normalized spacial score (nSPS) is 12.1. The standard InChI is InChI=1S/C23H21N3O/c1-15-8-10-18(11-9-15)21(26-20-7-3-5-16(2)25-20)19-13-12-17-6-4-14-24-22(17)23(19)27/h3-14,21,27H,1-2H3,(H,25,26)/p+1/t21-/m0/s1. The lowest BCUT2D eigenvalue weighted by Gasteiger charge is -2.18. The van der Waals surface area contributed by atoms with E-state index < -0.39 is 0 Å². The number of anilines is 1. The van der Waals surface area contributed by atoms with Crippen LogP contribution in [0.15, 0.2) is 72.9 Å². The average molecular weight is 356 g/mol. The van der Waals surface area contributed by atoms with Gasteiger partial charge in [-0.1, -0.05) is 48.0 Å². The first kappa shape index (κ1) is 17.0. The first-order valence-electron chi connectivity index (χ1n) is 9.00. The number of rotatable bonds is 4. The van der Waals surface area contributed by atoms with Gasteiger partial charge in [0.05, 0.1) is 5.69 Å². The maximum absolute atomic E-state index is 11.0. The van der Waals surface area contributed by atoms with Gasteiger partial charge in [-0.15, -0.1) is 0 Å². The maximum Gasteiger partial charge on any atom is 0.273 e. The Balaban J connectivity index is 1.84. The second kappa shape index (κ2) is 7.08. The molecule has 2 aromatic heterocycles. The third-order valence-electron chi connectivity index (χ3n) is 4.74. The predicted molar refractivity (Wildman–Crippen MR) is 108 cm³/mol. The third kappa shape index (κ3) is 3.47. The summed E-state index contributed by atoms with van der Waals surface area (Å²) in [6.45, 7) is 4.08. The molecule has 0 spiro atoms. The molecule has 4 heteroatoms. The van der Waals surface area contributed by atoms with E-state index in [9.17, 15) is 5.11 Å². The van der Waals surface area contributed by atoms with Crippen LogP contribution in [0.1, 0.15) is 28.4 Å². The number of pyridine rings is 2. The smallest absolute Gasteiger partial charge is 0.273 e. The average Bonchev–Trinajstić information content (AvgIpc) is 2.68. The van der Waals surface area contributed by atoms with Gasteiger partial charge in [0.25, 0.3) is 5.82 Å². The summed E-state index contributed by atoms with van der Waals surface area (Å²) >= 11 is 0. The lowest BCUT2D eigenvalue weighted by atomic mass is 9.95. The van der Waals surface area contributed by atoms with Crippen molar-refractivity contribution in [1.29, 1.82) is 0 Å². The van der Waals surface area contributed by atoms with Crippen LogP contribution < -0.4 is 10.3 Å². The van der Waals surface area contributed by atoms with Crippen molar-refractivity contribution in [2.75, 3.05) is 5.32 Å². The van der Waals surface area contributed by atoms with Crippen LogP contribution in [0.4, 0.5) is 5.82 Å². The van der Waals surface area contributed by atoms with Gasteiger partial charge < -0.3 is 5.11 Å². The van der Waals surface area contributed by atoms with E-state index in [0.29, 0.717) is 5.52 Å². The van der Waals surface area contributed by atoms with Gasteiger partial charge in [0.1, 0.15) is 17.3 Å². The SMILES string of the molecule is Cc1ccc([C@H](Nc2cccc(C)[nH+]2)c2ccc3cccnc3c2O)cc1. The Morgan fingerprint density at radius 3 is 2.52 bits per heavy atom. The van der Waals surface area contributed by atoms with Crippen molar-refractivity contribution >= 4 is 16.7 Å². The molecule has 4 rings (SSSR count). The summed E-state index contributed by atoms with van der Waals surface area (Å²) in [5, 5.41) is 15.4. The highest BCUT2D eigenvalue weighted by Gasteiger charge is 2.24. The molecule has 0 aliphatic rings. The third-order valence-corrected chi connectivity index (χ3v) is 4.74. The van der Waals surface area contributed by atoms with Crippen molar-refractivity contribution in [3.8, 4) is 5.75 Å². The summed E-state index contributed by atoms with van der Waals surface area (Å²) in [4.78, 5) is 7.70. The lowest BCUT2D eigenvalue weighted by molar-refractivity contribution is -0.371. The largest absolute Gasteiger partial charge is 0.505 e. The van der Waals surface area contributed by atoms with Crippen molar-refractivity contribution in [3.63, 3.8) is 0 Å². The van der Waals surface area contributed by atoms with Gasteiger partial charge in [-0.2, -0.15) is 0 Å². The number of H-pyrrole nitrogens is 1. The summed E-state index contributed by atoms with van der Waals surface area (Å²) in [5.74, 6) is 1.10. The Labute approximate surface area is 158 Å². The Kier molecular flexibility index (Phi) is 4.47. The van der Waals surface area contributed by atoms with Crippen LogP contribution in [0, 0.1) is 13.8 Å². The number of benzene rings is 2. The number of phenolic OH excluding ortho intramolecular Hbond substituents is 1. The van der Waals surface area contributed by atoms with Crippen LogP contribution in [0.5, 0.6) is 5.75 Å². The molecule has 0 aliphatic heterocycles. The van der Waals surface area contributed by atoms with E-state index in [1.165, 1.54) is 5.56 Å². The van der Waals surface area contributed by atoms with Gasteiger partial charge in [-0.05, 0) is 32.0 Å². The molecule has 0 unspecified atom stereocenters. The van der Waals surface area contributed by atoms with Crippen LogP contribution >= 0.6 is 0 Å². The number of hydrogen-bond acceptors (Lipinski definition) is 3. The van der Waals surface area contributed by atoms with Gasteiger partial charge in [-0.3, -0.25) is 10.3 Å². The summed E-state index contributed by atoms with van der Waals surface area (Å²) in [7, 11) is 0. The number of fused-ring (bicyclic) bond motifs is 1. The fraction of sp³-hybridized carbons (Fsp3) is 0.130. The van der Waals surface area contributed by atoms with Gasteiger partial charge in [0.15, 0.2) is 0 Å². The Morgan fingerprint density at radius 2 is 1.74 bits per heavy atom. The number of aryl methyl sites for hydroxylation is 2. The molecule has 4 nitrogen and oxygen atoms in total. The monoisotopic (exact) mass is 356 g/mol. The molecular weight excluding hydrogens is 334 g/mol. The van der Waals surface area contributed by atoms with Crippen LogP contribution in [0.25, 0.3) is 10.9 Å². The minimum absolute atomic E-state index is 0.207. The summed E-state index contributed by atoms with van der Waals surface area (Å²) in [5.41, 5.74) is 4.74. The molecule has 0 bridgehead atoms. The summed E-state index contributed by atoms with van der Waals surface area (Å²) in [6.07, 6.45) is 1.70.